The summed E-state index contributed by atoms with van der Waals surface area (Å²) < 4.78 is 2.03. The molecule has 1 N–H and O–H groups in total. The Morgan fingerprint density at radius 2 is 1.85 bits per heavy atom. The highest BCUT2D eigenvalue weighted by atomic mass is 35.5. The maximum absolute atomic E-state index is 9.36. The third kappa shape index (κ3) is 2.41. The number of aromatic nitrogens is 2. The van der Waals surface area contributed by atoms with Gasteiger partial charge in [0, 0.05) is 25.2 Å². The molecule has 0 unspecified atom stereocenters. The molecule has 2 aromatic rings. The van der Waals surface area contributed by atoms with E-state index in [0.717, 1.165) is 30.3 Å². The third-order valence-corrected chi connectivity index (χ3v) is 3.91. The molecule has 4 nitrogen and oxygen atoms in total. The first-order valence-corrected chi connectivity index (χ1v) is 7.36. The molecule has 1 aliphatic heterocycles. The van der Waals surface area contributed by atoms with E-state index in [4.69, 9.17) is 11.6 Å². The average Bonchev–Trinajstić information content (AvgIpc) is 3.08. The molecule has 20 heavy (non-hydrogen) atoms. The number of aliphatic hydroxyl groups excluding tert-OH is 1. The lowest BCUT2D eigenvalue weighted by Gasteiger charge is -2.20. The van der Waals surface area contributed by atoms with Crippen LogP contribution in [0.5, 0.6) is 0 Å². The van der Waals surface area contributed by atoms with Crippen molar-refractivity contribution in [2.24, 2.45) is 0 Å². The van der Waals surface area contributed by atoms with Gasteiger partial charge in [-0.05, 0) is 12.8 Å². The summed E-state index contributed by atoms with van der Waals surface area (Å²) in [5.41, 5.74) is 1.02. The lowest BCUT2D eigenvalue weighted by atomic mass is 10.2. The van der Waals surface area contributed by atoms with Gasteiger partial charge in [-0.15, -0.1) is 0 Å². The zero-order valence-electron chi connectivity index (χ0n) is 11.3. The number of anilines is 1. The van der Waals surface area contributed by atoms with Gasteiger partial charge >= 0.3 is 0 Å². The molecule has 0 saturated carbocycles. The predicted octanol–water partition coefficient (Wildman–Crippen LogP) is 2.80. The van der Waals surface area contributed by atoms with Gasteiger partial charge in [0.2, 0.25) is 0 Å². The van der Waals surface area contributed by atoms with Crippen LogP contribution >= 0.6 is 11.6 Å². The van der Waals surface area contributed by atoms with Crippen molar-refractivity contribution in [3.05, 3.63) is 35.5 Å². The second-order valence-electron chi connectivity index (χ2n) is 4.99. The quantitative estimate of drug-likeness (QED) is 0.942. The van der Waals surface area contributed by atoms with E-state index in [9.17, 15) is 5.11 Å². The fourth-order valence-corrected chi connectivity index (χ4v) is 3.07. The lowest BCUT2D eigenvalue weighted by molar-refractivity contribution is 0.277. The molecule has 5 heteroatoms. The van der Waals surface area contributed by atoms with Gasteiger partial charge < -0.3 is 14.6 Å². The number of aliphatic hydroxyl groups is 1. The van der Waals surface area contributed by atoms with Gasteiger partial charge in [-0.1, -0.05) is 41.9 Å². The summed E-state index contributed by atoms with van der Waals surface area (Å²) in [4.78, 5) is 6.78. The minimum absolute atomic E-state index is 0.0767. The number of hydrogen-bond donors (Lipinski definition) is 1. The Bertz CT molecular complexity index is 576. The van der Waals surface area contributed by atoms with E-state index in [0.29, 0.717) is 11.7 Å². The molecule has 3 rings (SSSR count). The highest BCUT2D eigenvalue weighted by molar-refractivity contribution is 6.32. The number of hydrogen-bond acceptors (Lipinski definition) is 3. The minimum atomic E-state index is 0.0767. The van der Waals surface area contributed by atoms with Crippen LogP contribution in [0.15, 0.2) is 30.3 Å². The first-order valence-electron chi connectivity index (χ1n) is 6.98. The van der Waals surface area contributed by atoms with Gasteiger partial charge in [-0.3, -0.25) is 0 Å². The van der Waals surface area contributed by atoms with Crippen molar-refractivity contribution in [1.29, 1.82) is 0 Å². The average molecular weight is 292 g/mol. The lowest BCUT2D eigenvalue weighted by Crippen LogP contribution is -2.22. The van der Waals surface area contributed by atoms with Gasteiger partial charge in [0.25, 0.3) is 0 Å². The van der Waals surface area contributed by atoms with Crippen molar-refractivity contribution in [2.45, 2.75) is 19.4 Å². The summed E-state index contributed by atoms with van der Waals surface area (Å²) in [6.45, 7) is 2.60. The summed E-state index contributed by atoms with van der Waals surface area (Å²) in [5.74, 6) is 1.77. The van der Waals surface area contributed by atoms with Crippen molar-refractivity contribution in [2.75, 3.05) is 24.6 Å². The van der Waals surface area contributed by atoms with Crippen molar-refractivity contribution in [3.63, 3.8) is 0 Å². The summed E-state index contributed by atoms with van der Waals surface area (Å²) in [6, 6.07) is 9.97. The maximum atomic E-state index is 9.36. The van der Waals surface area contributed by atoms with E-state index in [1.807, 2.05) is 34.9 Å². The summed E-state index contributed by atoms with van der Waals surface area (Å²) in [6.07, 6.45) is 2.36. The van der Waals surface area contributed by atoms with E-state index in [2.05, 4.69) is 9.88 Å². The molecule has 0 spiro atoms. The van der Waals surface area contributed by atoms with Crippen LogP contribution in [0, 0.1) is 0 Å². The van der Waals surface area contributed by atoms with Gasteiger partial charge in [0.15, 0.2) is 5.15 Å². The van der Waals surface area contributed by atoms with E-state index in [-0.39, 0.29) is 6.61 Å². The number of benzene rings is 1. The van der Waals surface area contributed by atoms with Gasteiger partial charge in [-0.2, -0.15) is 0 Å². The summed E-state index contributed by atoms with van der Waals surface area (Å²) in [7, 11) is 0. The Morgan fingerprint density at radius 1 is 1.15 bits per heavy atom. The van der Waals surface area contributed by atoms with Crippen molar-refractivity contribution >= 4 is 17.4 Å². The monoisotopic (exact) mass is 291 g/mol. The molecule has 2 heterocycles. The molecule has 1 fully saturated rings. The Morgan fingerprint density at radius 3 is 2.50 bits per heavy atom. The highest BCUT2D eigenvalue weighted by Crippen LogP contribution is 2.33. The number of rotatable bonds is 4. The molecule has 106 valence electrons. The van der Waals surface area contributed by atoms with Crippen LogP contribution in [-0.4, -0.2) is 34.4 Å². The normalized spacial score (nSPS) is 15.0. The van der Waals surface area contributed by atoms with Crippen LogP contribution in [0.1, 0.15) is 12.8 Å². The molecule has 1 aromatic heterocycles. The largest absolute Gasteiger partial charge is 0.395 e. The molecule has 1 aliphatic rings. The second-order valence-corrected chi connectivity index (χ2v) is 5.34. The zero-order chi connectivity index (χ0) is 13.9. The zero-order valence-corrected chi connectivity index (χ0v) is 12.1. The Balaban J connectivity index is 2.08. The second kappa shape index (κ2) is 5.85. The third-order valence-electron chi connectivity index (χ3n) is 3.66. The fourth-order valence-electron chi connectivity index (χ4n) is 2.76. The van der Waals surface area contributed by atoms with Gasteiger partial charge in [0.05, 0.1) is 6.61 Å². The fraction of sp³-hybridized carbons (Fsp3) is 0.400. The van der Waals surface area contributed by atoms with E-state index in [1.54, 1.807) is 0 Å². The van der Waals surface area contributed by atoms with Crippen molar-refractivity contribution < 1.29 is 5.11 Å². The number of halogens is 1. The Labute approximate surface area is 123 Å². The number of nitrogens with zero attached hydrogens (tertiary/aromatic N) is 3. The highest BCUT2D eigenvalue weighted by Gasteiger charge is 2.23. The van der Waals surface area contributed by atoms with Crippen LogP contribution < -0.4 is 4.90 Å². The first kappa shape index (κ1) is 13.5. The van der Waals surface area contributed by atoms with Gasteiger partial charge in [0.1, 0.15) is 11.6 Å². The van der Waals surface area contributed by atoms with Crippen LogP contribution in [0.4, 0.5) is 5.82 Å². The Hall–Kier alpha value is -1.52. The molecular formula is C15H18ClN3O. The van der Waals surface area contributed by atoms with Crippen LogP contribution in [0.3, 0.4) is 0 Å². The topological polar surface area (TPSA) is 41.3 Å². The van der Waals surface area contributed by atoms with Crippen molar-refractivity contribution in [3.8, 4) is 11.4 Å². The van der Waals surface area contributed by atoms with E-state index < -0.39 is 0 Å². The van der Waals surface area contributed by atoms with Crippen LogP contribution in [0.2, 0.25) is 5.15 Å². The SMILES string of the molecule is OCCn1c(-c2ccccc2)nc(Cl)c1N1CCCC1. The maximum Gasteiger partial charge on any atom is 0.172 e. The molecule has 0 amide bonds. The van der Waals surface area contributed by atoms with E-state index in [1.165, 1.54) is 12.8 Å². The first-order chi connectivity index (χ1) is 9.81. The molecule has 1 aromatic carbocycles. The Kier molecular flexibility index (Phi) is 3.94. The summed E-state index contributed by atoms with van der Waals surface area (Å²) >= 11 is 6.36. The summed E-state index contributed by atoms with van der Waals surface area (Å²) in [5, 5.41) is 9.88. The van der Waals surface area contributed by atoms with Crippen LogP contribution in [-0.2, 0) is 6.54 Å². The molecule has 0 radical (unpaired) electrons. The molecular weight excluding hydrogens is 274 g/mol. The molecule has 0 bridgehead atoms. The van der Waals surface area contributed by atoms with Crippen LogP contribution in [0.25, 0.3) is 11.4 Å². The molecule has 0 atom stereocenters. The molecule has 0 aliphatic carbocycles. The van der Waals surface area contributed by atoms with E-state index >= 15 is 0 Å². The molecule has 1 saturated heterocycles. The standard InChI is InChI=1S/C15H18ClN3O/c16-13-15(18-8-4-5-9-18)19(10-11-20)14(17-13)12-6-2-1-3-7-12/h1-3,6-7,20H,4-5,8-11H2. The smallest absolute Gasteiger partial charge is 0.172 e. The van der Waals surface area contributed by atoms with Crippen molar-refractivity contribution in [1.82, 2.24) is 9.55 Å². The predicted molar refractivity (Wildman–Crippen MR) is 81.2 cm³/mol. The number of imidazole rings is 1. The minimum Gasteiger partial charge on any atom is -0.395 e. The van der Waals surface area contributed by atoms with Gasteiger partial charge in [-0.25, -0.2) is 4.98 Å².